The van der Waals surface area contributed by atoms with Gasteiger partial charge in [-0.2, -0.15) is 0 Å². The first-order valence-electron chi connectivity index (χ1n) is 8.43. The normalized spacial score (nSPS) is 10.9. The third-order valence-corrected chi connectivity index (χ3v) is 5.61. The zero-order valence-corrected chi connectivity index (χ0v) is 17.3. The van der Waals surface area contributed by atoms with Crippen molar-refractivity contribution in [3.63, 3.8) is 0 Å². The number of carbonyl (C=O) groups is 1. The third-order valence-electron chi connectivity index (χ3n) is 4.00. The Kier molecular flexibility index (Phi) is 6.93. The molecule has 0 aliphatic rings. The molecule has 0 atom stereocenters. The molecule has 0 saturated heterocycles. The summed E-state index contributed by atoms with van der Waals surface area (Å²) in [6.45, 7) is 0.473. The summed E-state index contributed by atoms with van der Waals surface area (Å²) in [5, 5.41) is 12.9. The van der Waals surface area contributed by atoms with Gasteiger partial charge < -0.3 is 9.88 Å². The van der Waals surface area contributed by atoms with Crippen LogP contribution in [0.3, 0.4) is 0 Å². The second-order valence-electron chi connectivity index (χ2n) is 6.00. The van der Waals surface area contributed by atoms with Crippen LogP contribution in [0.5, 0.6) is 0 Å². The van der Waals surface area contributed by atoms with E-state index in [-0.39, 0.29) is 17.5 Å². The molecule has 1 heterocycles. The van der Waals surface area contributed by atoms with Crippen molar-refractivity contribution in [2.45, 2.75) is 11.6 Å². The number of nitrogens with zero attached hydrogens (tertiary/aromatic N) is 3. The Morgan fingerprint density at radius 2 is 1.93 bits per heavy atom. The molecule has 1 amide bonds. The Balaban J connectivity index is 1.50. The lowest BCUT2D eigenvalue weighted by Gasteiger charge is -2.07. The van der Waals surface area contributed by atoms with Gasteiger partial charge in [-0.15, -0.1) is 10.2 Å². The zero-order chi connectivity index (χ0) is 20.1. The quantitative estimate of drug-likeness (QED) is 0.556. The molecule has 0 spiro atoms. The minimum atomic E-state index is -0.308. The average molecular weight is 439 g/mol. The lowest BCUT2D eigenvalue weighted by molar-refractivity contribution is -0.118. The Morgan fingerprint density at radius 1 is 1.18 bits per heavy atom. The highest BCUT2D eigenvalue weighted by atomic mass is 35.5. The summed E-state index contributed by atoms with van der Waals surface area (Å²) in [6, 6.07) is 11.3. The van der Waals surface area contributed by atoms with Crippen LogP contribution in [-0.2, 0) is 18.3 Å². The summed E-state index contributed by atoms with van der Waals surface area (Å²) >= 11 is 13.3. The number of aromatic nitrogens is 3. The average Bonchev–Trinajstić information content (AvgIpc) is 3.03. The number of hydrogen-bond acceptors (Lipinski definition) is 4. The Bertz CT molecular complexity index is 979. The van der Waals surface area contributed by atoms with Crippen LogP contribution in [0.25, 0.3) is 11.4 Å². The Labute approximate surface area is 176 Å². The number of benzene rings is 2. The van der Waals surface area contributed by atoms with Crippen LogP contribution in [0.2, 0.25) is 10.0 Å². The molecule has 1 N–H and O–H groups in total. The first-order chi connectivity index (χ1) is 13.4. The SMILES string of the molecule is Cn1c(SCC(=O)NCCc2ccc(Cl)cc2Cl)nnc1-c1ccc(F)cc1. The van der Waals surface area contributed by atoms with E-state index in [1.54, 1.807) is 28.8 Å². The van der Waals surface area contributed by atoms with Crippen molar-refractivity contribution in [2.75, 3.05) is 12.3 Å². The minimum absolute atomic E-state index is 0.110. The molecule has 2 aromatic carbocycles. The van der Waals surface area contributed by atoms with Gasteiger partial charge in [0.25, 0.3) is 0 Å². The van der Waals surface area contributed by atoms with Crippen molar-refractivity contribution < 1.29 is 9.18 Å². The molecule has 0 unspecified atom stereocenters. The fourth-order valence-electron chi connectivity index (χ4n) is 2.53. The summed E-state index contributed by atoms with van der Waals surface area (Å²) < 4.78 is 14.8. The molecule has 0 saturated carbocycles. The first kappa shape index (κ1) is 20.6. The third kappa shape index (κ3) is 5.25. The van der Waals surface area contributed by atoms with Gasteiger partial charge in [0.2, 0.25) is 5.91 Å². The highest BCUT2D eigenvalue weighted by Crippen LogP contribution is 2.23. The topological polar surface area (TPSA) is 59.8 Å². The van der Waals surface area contributed by atoms with Crippen molar-refractivity contribution in [3.8, 4) is 11.4 Å². The monoisotopic (exact) mass is 438 g/mol. The molecule has 0 bridgehead atoms. The Hall–Kier alpha value is -2.09. The summed E-state index contributed by atoms with van der Waals surface area (Å²) in [5.74, 6) is 0.405. The molecule has 28 heavy (non-hydrogen) atoms. The molecule has 3 rings (SSSR count). The van der Waals surface area contributed by atoms with E-state index in [1.165, 1.54) is 23.9 Å². The molecule has 9 heteroatoms. The summed E-state index contributed by atoms with van der Waals surface area (Å²) in [7, 11) is 1.81. The first-order valence-corrected chi connectivity index (χ1v) is 10.2. The highest BCUT2D eigenvalue weighted by Gasteiger charge is 2.13. The Morgan fingerprint density at radius 3 is 2.64 bits per heavy atom. The maximum absolute atomic E-state index is 13.1. The second kappa shape index (κ2) is 9.41. The van der Waals surface area contributed by atoms with E-state index in [9.17, 15) is 9.18 Å². The van der Waals surface area contributed by atoms with Crippen LogP contribution in [0, 0.1) is 5.82 Å². The molecule has 146 valence electrons. The van der Waals surface area contributed by atoms with Gasteiger partial charge >= 0.3 is 0 Å². The van der Waals surface area contributed by atoms with Crippen LogP contribution in [0.15, 0.2) is 47.6 Å². The van der Waals surface area contributed by atoms with Crippen LogP contribution in [-0.4, -0.2) is 33.0 Å². The lowest BCUT2D eigenvalue weighted by atomic mass is 10.1. The van der Waals surface area contributed by atoms with Crippen molar-refractivity contribution in [1.29, 1.82) is 0 Å². The van der Waals surface area contributed by atoms with Gasteiger partial charge in [-0.25, -0.2) is 4.39 Å². The van der Waals surface area contributed by atoms with Crippen molar-refractivity contribution in [2.24, 2.45) is 7.05 Å². The number of rotatable bonds is 7. The van der Waals surface area contributed by atoms with E-state index in [4.69, 9.17) is 23.2 Å². The summed E-state index contributed by atoms with van der Waals surface area (Å²) in [6.07, 6.45) is 0.616. The molecule has 0 fully saturated rings. The van der Waals surface area contributed by atoms with E-state index >= 15 is 0 Å². The number of halogens is 3. The summed E-state index contributed by atoms with van der Waals surface area (Å²) in [4.78, 5) is 12.1. The molecule has 3 aromatic rings. The van der Waals surface area contributed by atoms with Gasteiger partial charge in [0.15, 0.2) is 11.0 Å². The number of amides is 1. The van der Waals surface area contributed by atoms with Gasteiger partial charge in [0.05, 0.1) is 5.75 Å². The van der Waals surface area contributed by atoms with E-state index in [2.05, 4.69) is 15.5 Å². The summed E-state index contributed by atoms with van der Waals surface area (Å²) in [5.41, 5.74) is 1.68. The maximum atomic E-state index is 13.1. The molecule has 1 aromatic heterocycles. The number of nitrogens with one attached hydrogen (secondary N) is 1. The predicted octanol–water partition coefficient (Wildman–Crippen LogP) is 4.38. The second-order valence-corrected chi connectivity index (χ2v) is 7.78. The van der Waals surface area contributed by atoms with Crippen molar-refractivity contribution in [1.82, 2.24) is 20.1 Å². The van der Waals surface area contributed by atoms with Gasteiger partial charge in [-0.1, -0.05) is 41.0 Å². The van der Waals surface area contributed by atoms with Crippen molar-refractivity contribution in [3.05, 3.63) is 63.9 Å². The lowest BCUT2D eigenvalue weighted by Crippen LogP contribution is -2.27. The van der Waals surface area contributed by atoms with Crippen LogP contribution in [0.4, 0.5) is 4.39 Å². The van der Waals surface area contributed by atoms with E-state index < -0.39 is 0 Å². The fourth-order valence-corrected chi connectivity index (χ4v) is 3.78. The van der Waals surface area contributed by atoms with Crippen LogP contribution >= 0.6 is 35.0 Å². The molecular formula is C19H17Cl2FN4OS. The number of carbonyl (C=O) groups excluding carboxylic acids is 1. The largest absolute Gasteiger partial charge is 0.355 e. The fraction of sp³-hybridized carbons (Fsp3) is 0.211. The van der Waals surface area contributed by atoms with E-state index in [0.29, 0.717) is 34.0 Å². The van der Waals surface area contributed by atoms with Gasteiger partial charge in [0, 0.05) is 29.2 Å². The van der Waals surface area contributed by atoms with Crippen molar-refractivity contribution >= 4 is 40.9 Å². The maximum Gasteiger partial charge on any atom is 0.230 e. The van der Waals surface area contributed by atoms with E-state index in [0.717, 1.165) is 11.1 Å². The molecule has 0 aliphatic carbocycles. The minimum Gasteiger partial charge on any atom is -0.355 e. The van der Waals surface area contributed by atoms with Crippen LogP contribution < -0.4 is 5.32 Å². The standard InChI is InChI=1S/C19H17Cl2FN4OS/c1-26-18(13-3-6-15(22)7-4-13)24-25-19(26)28-11-17(27)23-9-8-12-2-5-14(20)10-16(12)21/h2-7,10H,8-9,11H2,1H3,(H,23,27). The smallest absolute Gasteiger partial charge is 0.230 e. The zero-order valence-electron chi connectivity index (χ0n) is 15.0. The van der Waals surface area contributed by atoms with E-state index in [1.807, 2.05) is 13.1 Å². The number of hydrogen-bond donors (Lipinski definition) is 1. The molecular weight excluding hydrogens is 422 g/mol. The molecule has 0 aliphatic heterocycles. The van der Waals surface area contributed by atoms with Crippen LogP contribution in [0.1, 0.15) is 5.56 Å². The highest BCUT2D eigenvalue weighted by molar-refractivity contribution is 7.99. The van der Waals surface area contributed by atoms with Gasteiger partial charge in [0.1, 0.15) is 5.82 Å². The molecule has 5 nitrogen and oxygen atoms in total. The number of thioether (sulfide) groups is 1. The van der Waals surface area contributed by atoms with Gasteiger partial charge in [-0.05, 0) is 48.4 Å². The van der Waals surface area contributed by atoms with Gasteiger partial charge in [-0.3, -0.25) is 4.79 Å². The predicted molar refractivity (Wildman–Crippen MR) is 110 cm³/mol. The molecule has 0 radical (unpaired) electrons.